The molecule has 0 radical (unpaired) electrons. The van der Waals surface area contributed by atoms with Crippen LogP contribution in [0.25, 0.3) is 0 Å². The number of benzene rings is 1. The Bertz CT molecular complexity index is 1390. The zero-order chi connectivity index (χ0) is 29.0. The Labute approximate surface area is 247 Å². The van der Waals surface area contributed by atoms with Crippen LogP contribution in [0.2, 0.25) is 0 Å². The number of nitrogens with zero attached hydrogens (tertiary/aromatic N) is 3. The van der Waals surface area contributed by atoms with E-state index in [1.807, 2.05) is 34.2 Å². The molecule has 212 valence electrons. The zero-order valence-corrected chi connectivity index (χ0v) is 25.8. The number of hydrogen-bond acceptors (Lipinski definition) is 8. The highest BCUT2D eigenvalue weighted by molar-refractivity contribution is 8.01. The number of ether oxygens (including phenoxy) is 1. The largest absolute Gasteiger partial charge is 0.496 e. The number of carbonyl (C=O) groups excluding carboxylic acids is 3. The third-order valence-corrected chi connectivity index (χ3v) is 9.62. The molecule has 1 unspecified atom stereocenters. The summed E-state index contributed by atoms with van der Waals surface area (Å²) in [6.45, 7) is 13.4. The van der Waals surface area contributed by atoms with Gasteiger partial charge in [-0.15, -0.1) is 0 Å². The van der Waals surface area contributed by atoms with Crippen molar-refractivity contribution in [2.45, 2.75) is 49.3 Å². The molecule has 1 aliphatic rings. The highest BCUT2D eigenvalue weighted by Crippen LogP contribution is 2.39. The number of amides is 3. The first kappa shape index (κ1) is 29.8. The van der Waals surface area contributed by atoms with Gasteiger partial charge in [-0.1, -0.05) is 50.4 Å². The molecule has 1 N–H and O–H groups in total. The van der Waals surface area contributed by atoms with Crippen LogP contribution in [0, 0.1) is 12.3 Å². The predicted octanol–water partition coefficient (Wildman–Crippen LogP) is 6.20. The molecule has 3 aromatic rings. The molecular formula is C29H34N4O4S3. The highest BCUT2D eigenvalue weighted by atomic mass is 32.2. The molecule has 1 atom stereocenters. The van der Waals surface area contributed by atoms with Crippen LogP contribution in [0.1, 0.15) is 53.5 Å². The third-order valence-electron chi connectivity index (χ3n) is 6.77. The fourth-order valence-electron chi connectivity index (χ4n) is 4.61. The second-order valence-electron chi connectivity index (χ2n) is 10.6. The second-order valence-corrected chi connectivity index (χ2v) is 13.7. The first-order chi connectivity index (χ1) is 19.0. The van der Waals surface area contributed by atoms with Gasteiger partial charge in [0, 0.05) is 29.9 Å². The molecule has 8 nitrogen and oxygen atoms in total. The molecule has 3 amide bonds. The van der Waals surface area contributed by atoms with E-state index in [4.69, 9.17) is 4.74 Å². The number of nitrogens with one attached hydrogen (secondary N) is 1. The molecule has 4 rings (SSSR count). The smallest absolute Gasteiger partial charge is 0.258 e. The van der Waals surface area contributed by atoms with Gasteiger partial charge in [0.05, 0.1) is 34.7 Å². The first-order valence-electron chi connectivity index (χ1n) is 12.9. The molecule has 0 saturated carbocycles. The second kappa shape index (κ2) is 12.6. The van der Waals surface area contributed by atoms with Crippen molar-refractivity contribution in [3.05, 3.63) is 64.5 Å². The Hall–Kier alpha value is -3.15. The number of methoxy groups -OCH3 is 1. The maximum atomic E-state index is 14.0. The molecule has 3 heterocycles. The van der Waals surface area contributed by atoms with Crippen molar-refractivity contribution < 1.29 is 19.1 Å². The summed E-state index contributed by atoms with van der Waals surface area (Å²) >= 11 is 4.33. The summed E-state index contributed by atoms with van der Waals surface area (Å²) in [4.78, 5) is 47.9. The van der Waals surface area contributed by atoms with E-state index >= 15 is 0 Å². The molecule has 1 aliphatic heterocycles. The molecule has 40 heavy (non-hydrogen) atoms. The van der Waals surface area contributed by atoms with Gasteiger partial charge in [0.25, 0.3) is 11.8 Å². The van der Waals surface area contributed by atoms with E-state index < -0.39 is 0 Å². The van der Waals surface area contributed by atoms with Gasteiger partial charge in [0.2, 0.25) is 5.91 Å². The van der Waals surface area contributed by atoms with Crippen molar-refractivity contribution in [3.8, 4) is 5.75 Å². The lowest BCUT2D eigenvalue weighted by Gasteiger charge is -2.40. The van der Waals surface area contributed by atoms with Crippen molar-refractivity contribution in [2.75, 3.05) is 32.1 Å². The molecule has 1 aromatic carbocycles. The number of carbonyl (C=O) groups is 3. The fourth-order valence-corrected chi connectivity index (χ4v) is 7.18. The molecule has 0 bridgehead atoms. The number of thiazole rings is 1. The van der Waals surface area contributed by atoms with Gasteiger partial charge in [0.15, 0.2) is 5.13 Å². The fraction of sp³-hybridized carbons (Fsp3) is 0.379. The van der Waals surface area contributed by atoms with Gasteiger partial charge < -0.3 is 14.5 Å². The minimum absolute atomic E-state index is 0.115. The zero-order valence-electron chi connectivity index (χ0n) is 23.4. The van der Waals surface area contributed by atoms with E-state index in [2.05, 4.69) is 37.7 Å². The maximum Gasteiger partial charge on any atom is 0.258 e. The molecule has 0 aliphatic carbocycles. The van der Waals surface area contributed by atoms with E-state index in [1.165, 1.54) is 40.5 Å². The Morgan fingerprint density at radius 3 is 2.67 bits per heavy atom. The molecule has 1 fully saturated rings. The van der Waals surface area contributed by atoms with Gasteiger partial charge in [-0.2, -0.15) is 11.3 Å². The Kier molecular flexibility index (Phi) is 9.37. The van der Waals surface area contributed by atoms with Crippen LogP contribution in [-0.2, 0) is 4.79 Å². The highest BCUT2D eigenvalue weighted by Gasteiger charge is 2.37. The average molecular weight is 599 g/mol. The average Bonchev–Trinajstić information content (AvgIpc) is 3.56. The van der Waals surface area contributed by atoms with E-state index in [-0.39, 0.29) is 29.2 Å². The molecule has 11 heteroatoms. The Balaban J connectivity index is 1.57. The topological polar surface area (TPSA) is 91.8 Å². The summed E-state index contributed by atoms with van der Waals surface area (Å²) in [7, 11) is 1.56. The molecule has 2 aromatic heterocycles. The van der Waals surface area contributed by atoms with Gasteiger partial charge in [-0.05, 0) is 54.0 Å². The van der Waals surface area contributed by atoms with Crippen LogP contribution in [0.5, 0.6) is 5.75 Å². The van der Waals surface area contributed by atoms with E-state index in [9.17, 15) is 14.4 Å². The van der Waals surface area contributed by atoms with Crippen LogP contribution < -0.4 is 10.1 Å². The van der Waals surface area contributed by atoms with Crippen LogP contribution in [0.15, 0.2) is 56.9 Å². The lowest BCUT2D eigenvalue weighted by atomic mass is 9.85. The maximum absolute atomic E-state index is 14.0. The van der Waals surface area contributed by atoms with Crippen molar-refractivity contribution in [1.29, 1.82) is 0 Å². The number of rotatable bonds is 7. The van der Waals surface area contributed by atoms with Crippen LogP contribution in [0.3, 0.4) is 0 Å². The monoisotopic (exact) mass is 598 g/mol. The van der Waals surface area contributed by atoms with Gasteiger partial charge >= 0.3 is 0 Å². The Morgan fingerprint density at radius 2 is 2.02 bits per heavy atom. The van der Waals surface area contributed by atoms with Gasteiger partial charge in [0.1, 0.15) is 5.75 Å². The number of hydrogen-bond donors (Lipinski definition) is 1. The number of aromatic nitrogens is 1. The number of anilines is 1. The van der Waals surface area contributed by atoms with Crippen molar-refractivity contribution in [2.24, 2.45) is 5.41 Å². The van der Waals surface area contributed by atoms with Crippen molar-refractivity contribution in [3.63, 3.8) is 0 Å². The van der Waals surface area contributed by atoms with Crippen LogP contribution in [-0.4, -0.2) is 65.3 Å². The van der Waals surface area contributed by atoms with Crippen LogP contribution in [0.4, 0.5) is 5.13 Å². The van der Waals surface area contributed by atoms with Gasteiger partial charge in [-0.25, -0.2) is 4.98 Å². The summed E-state index contributed by atoms with van der Waals surface area (Å²) < 4.78 is 6.52. The van der Waals surface area contributed by atoms with E-state index in [0.29, 0.717) is 48.1 Å². The quantitative estimate of drug-likeness (QED) is 0.326. The van der Waals surface area contributed by atoms with E-state index in [0.717, 1.165) is 14.7 Å². The summed E-state index contributed by atoms with van der Waals surface area (Å²) in [5.74, 6) is 0.0700. The SMILES string of the molecule is C=CC(=O)N1CCCN(C(=O)c2cc(Sc3cnc(NC(=O)c4ccsc4)s3)c(C)cc2OC)CC1C(C)(C)C. The summed E-state index contributed by atoms with van der Waals surface area (Å²) in [5, 5.41) is 7.00. The number of aryl methyl sites for hydroxylation is 1. The van der Waals surface area contributed by atoms with Gasteiger partial charge in [-0.3, -0.25) is 19.7 Å². The lowest BCUT2D eigenvalue weighted by molar-refractivity contribution is -0.130. The Morgan fingerprint density at radius 1 is 1.25 bits per heavy atom. The predicted molar refractivity (Wildman–Crippen MR) is 162 cm³/mol. The molecule has 1 saturated heterocycles. The minimum atomic E-state index is -0.233. The lowest BCUT2D eigenvalue weighted by Crippen LogP contribution is -2.51. The molecular weight excluding hydrogens is 565 g/mol. The molecule has 0 spiro atoms. The van der Waals surface area contributed by atoms with E-state index in [1.54, 1.807) is 24.8 Å². The summed E-state index contributed by atoms with van der Waals surface area (Å²) in [6.07, 6.45) is 3.74. The normalized spacial score (nSPS) is 15.9. The van der Waals surface area contributed by atoms with Crippen molar-refractivity contribution >= 4 is 57.3 Å². The first-order valence-corrected chi connectivity index (χ1v) is 15.5. The minimum Gasteiger partial charge on any atom is -0.496 e. The summed E-state index contributed by atoms with van der Waals surface area (Å²) in [6, 6.07) is 5.36. The number of thiophene rings is 1. The summed E-state index contributed by atoms with van der Waals surface area (Å²) in [5.41, 5.74) is 1.80. The van der Waals surface area contributed by atoms with Crippen molar-refractivity contribution in [1.82, 2.24) is 14.8 Å². The third kappa shape index (κ3) is 6.76. The van der Waals surface area contributed by atoms with Crippen LogP contribution >= 0.6 is 34.4 Å². The standard InChI is InChI=1S/C29H34N4O4S3/c1-7-24(34)33-11-8-10-32(16-23(33)29(3,4)5)27(36)20-14-22(18(2)13-21(20)37-6)39-25-15-30-28(40-25)31-26(35)19-9-12-38-17-19/h7,9,12-15,17,23H,1,8,10-11,16H2,2-6H3,(H,30,31,35).